The van der Waals surface area contributed by atoms with E-state index in [0.29, 0.717) is 31.6 Å². The zero-order chi connectivity index (χ0) is 18.7. The average Bonchev–Trinajstić information content (AvgIpc) is 3.05. The maximum atomic E-state index is 13.1. The van der Waals surface area contributed by atoms with E-state index in [0.717, 1.165) is 30.9 Å². The molecule has 6 heteroatoms. The van der Waals surface area contributed by atoms with Gasteiger partial charge in [-0.3, -0.25) is 4.79 Å². The largest absolute Gasteiger partial charge is 0.481 e. The molecule has 0 amide bonds. The van der Waals surface area contributed by atoms with E-state index < -0.39 is 11.4 Å². The summed E-state index contributed by atoms with van der Waals surface area (Å²) < 4.78 is 13.1. The maximum absolute atomic E-state index is 13.1. The lowest BCUT2D eigenvalue weighted by Gasteiger charge is -2.40. The Hall–Kier alpha value is -1.95. The molecule has 3 rings (SSSR count). The molecule has 0 aromatic heterocycles. The first kappa shape index (κ1) is 18.8. The highest BCUT2D eigenvalue weighted by atomic mass is 19.1. The van der Waals surface area contributed by atoms with Crippen molar-refractivity contribution in [1.82, 2.24) is 4.90 Å². The topological polar surface area (TPSA) is 62.1 Å². The van der Waals surface area contributed by atoms with Gasteiger partial charge in [0.1, 0.15) is 11.9 Å². The van der Waals surface area contributed by atoms with Crippen LogP contribution in [0.25, 0.3) is 0 Å². The number of carboxylic acids is 1. The standard InChI is InChI=1S/C20H27FN2O3/c1-14(2)13-23-9-7-20(8-10-23,19(24)25)12-17-11-18(22-26-17)15-3-5-16(21)6-4-15/h3-6,14,17H,7-13H2,1-2H3,(H,24,25)/t17-/m1/s1. The number of oxime groups is 1. The summed E-state index contributed by atoms with van der Waals surface area (Å²) in [5.41, 5.74) is 0.837. The Kier molecular flexibility index (Phi) is 5.61. The van der Waals surface area contributed by atoms with Gasteiger partial charge < -0.3 is 14.8 Å². The SMILES string of the molecule is CC(C)CN1CCC(C[C@H]2CC(c3ccc(F)cc3)=NO2)(C(=O)O)CC1. The number of piperidine rings is 1. The van der Waals surface area contributed by atoms with E-state index in [1.54, 1.807) is 12.1 Å². The Morgan fingerprint density at radius 1 is 1.35 bits per heavy atom. The second kappa shape index (κ2) is 7.74. The first-order valence-electron chi connectivity index (χ1n) is 9.32. The van der Waals surface area contributed by atoms with Gasteiger partial charge in [0.2, 0.25) is 0 Å². The fourth-order valence-electron chi connectivity index (χ4n) is 3.97. The van der Waals surface area contributed by atoms with E-state index in [1.165, 1.54) is 12.1 Å². The van der Waals surface area contributed by atoms with Gasteiger partial charge >= 0.3 is 5.97 Å². The maximum Gasteiger partial charge on any atom is 0.309 e. The van der Waals surface area contributed by atoms with Crippen LogP contribution in [0.5, 0.6) is 0 Å². The predicted octanol–water partition coefficient (Wildman–Crippen LogP) is 3.53. The van der Waals surface area contributed by atoms with E-state index >= 15 is 0 Å². The minimum absolute atomic E-state index is 0.234. The Labute approximate surface area is 153 Å². The molecule has 1 N–H and O–H groups in total. The van der Waals surface area contributed by atoms with Gasteiger partial charge in [-0.2, -0.15) is 0 Å². The highest BCUT2D eigenvalue weighted by Crippen LogP contribution is 2.39. The van der Waals surface area contributed by atoms with Crippen LogP contribution in [0.2, 0.25) is 0 Å². The summed E-state index contributed by atoms with van der Waals surface area (Å²) in [6, 6.07) is 6.15. The minimum atomic E-state index is -0.744. The number of carboxylic acid groups (broad SMARTS) is 1. The van der Waals surface area contributed by atoms with Crippen molar-refractivity contribution in [2.75, 3.05) is 19.6 Å². The van der Waals surface area contributed by atoms with E-state index in [4.69, 9.17) is 4.84 Å². The lowest BCUT2D eigenvalue weighted by molar-refractivity contribution is -0.155. The number of benzene rings is 1. The van der Waals surface area contributed by atoms with Crippen molar-refractivity contribution in [3.8, 4) is 0 Å². The van der Waals surface area contributed by atoms with Gasteiger partial charge in [0, 0.05) is 19.4 Å². The van der Waals surface area contributed by atoms with E-state index in [2.05, 4.69) is 23.9 Å². The van der Waals surface area contributed by atoms with Gasteiger partial charge in [-0.25, -0.2) is 4.39 Å². The summed E-state index contributed by atoms with van der Waals surface area (Å²) in [6.07, 6.45) is 2.08. The Morgan fingerprint density at radius 3 is 2.58 bits per heavy atom. The summed E-state index contributed by atoms with van der Waals surface area (Å²) in [5, 5.41) is 14.0. The molecular weight excluding hydrogens is 335 g/mol. The Balaban J connectivity index is 1.60. The molecular formula is C20H27FN2O3. The molecule has 0 bridgehead atoms. The Morgan fingerprint density at radius 2 is 2.00 bits per heavy atom. The monoisotopic (exact) mass is 362 g/mol. The zero-order valence-electron chi connectivity index (χ0n) is 15.4. The van der Waals surface area contributed by atoms with Crippen LogP contribution in [0, 0.1) is 17.2 Å². The van der Waals surface area contributed by atoms with Gasteiger partial charge in [-0.1, -0.05) is 31.1 Å². The summed E-state index contributed by atoms with van der Waals surface area (Å²) in [7, 11) is 0. The molecule has 1 saturated heterocycles. The molecule has 0 unspecified atom stereocenters. The van der Waals surface area contributed by atoms with Gasteiger partial charge in [-0.05, 0) is 49.5 Å². The highest BCUT2D eigenvalue weighted by Gasteiger charge is 2.44. The second-order valence-corrected chi connectivity index (χ2v) is 7.96. The van der Waals surface area contributed by atoms with Gasteiger partial charge in [-0.15, -0.1) is 0 Å². The molecule has 0 spiro atoms. The molecule has 0 saturated carbocycles. The van der Waals surface area contributed by atoms with Crippen molar-refractivity contribution >= 4 is 11.7 Å². The third-order valence-corrected chi connectivity index (χ3v) is 5.42. The van der Waals surface area contributed by atoms with Crippen molar-refractivity contribution in [2.45, 2.75) is 45.6 Å². The molecule has 1 aromatic rings. The fourth-order valence-corrected chi connectivity index (χ4v) is 3.97. The molecule has 1 atom stereocenters. The summed E-state index contributed by atoms with van der Waals surface area (Å²) in [5.74, 6) is -0.444. The highest BCUT2D eigenvalue weighted by molar-refractivity contribution is 6.01. The minimum Gasteiger partial charge on any atom is -0.481 e. The lowest BCUT2D eigenvalue weighted by atomic mass is 9.73. The molecule has 5 nitrogen and oxygen atoms in total. The van der Waals surface area contributed by atoms with Crippen molar-refractivity contribution in [2.24, 2.45) is 16.5 Å². The summed E-state index contributed by atoms with van der Waals surface area (Å²) in [6.45, 7) is 6.98. The molecule has 1 aromatic carbocycles. The lowest BCUT2D eigenvalue weighted by Crippen LogP contribution is -2.46. The number of hydrogen-bond donors (Lipinski definition) is 1. The molecule has 26 heavy (non-hydrogen) atoms. The molecule has 1 fully saturated rings. The van der Waals surface area contributed by atoms with Crippen LogP contribution in [0.3, 0.4) is 0 Å². The number of likely N-dealkylation sites (tertiary alicyclic amines) is 1. The first-order valence-corrected chi connectivity index (χ1v) is 9.32. The molecule has 2 heterocycles. The van der Waals surface area contributed by atoms with Gasteiger partial charge in [0.05, 0.1) is 11.1 Å². The third-order valence-electron chi connectivity index (χ3n) is 5.42. The van der Waals surface area contributed by atoms with Crippen LogP contribution < -0.4 is 0 Å². The van der Waals surface area contributed by atoms with Crippen LogP contribution in [-0.2, 0) is 9.63 Å². The molecule has 2 aliphatic rings. The summed E-state index contributed by atoms with van der Waals surface area (Å²) in [4.78, 5) is 19.9. The van der Waals surface area contributed by atoms with Crippen LogP contribution in [0.15, 0.2) is 29.4 Å². The summed E-state index contributed by atoms with van der Waals surface area (Å²) >= 11 is 0. The van der Waals surface area contributed by atoms with Crippen LogP contribution >= 0.6 is 0 Å². The number of rotatable bonds is 6. The first-order chi connectivity index (χ1) is 12.4. The number of nitrogens with zero attached hydrogens (tertiary/aromatic N) is 2. The molecule has 2 aliphatic heterocycles. The third kappa shape index (κ3) is 4.23. The van der Waals surface area contributed by atoms with Crippen molar-refractivity contribution in [3.05, 3.63) is 35.6 Å². The second-order valence-electron chi connectivity index (χ2n) is 7.96. The number of carbonyl (C=O) groups is 1. The van der Waals surface area contributed by atoms with Crippen LogP contribution in [0.4, 0.5) is 4.39 Å². The van der Waals surface area contributed by atoms with Gasteiger partial charge in [0.25, 0.3) is 0 Å². The van der Waals surface area contributed by atoms with Crippen molar-refractivity contribution in [1.29, 1.82) is 0 Å². The number of halogens is 1. The average molecular weight is 362 g/mol. The normalized spacial score (nSPS) is 22.9. The number of aliphatic carboxylic acids is 1. The fraction of sp³-hybridized carbons (Fsp3) is 0.600. The van der Waals surface area contributed by atoms with E-state index in [1.807, 2.05) is 0 Å². The number of hydrogen-bond acceptors (Lipinski definition) is 4. The molecule has 142 valence electrons. The molecule has 0 aliphatic carbocycles. The van der Waals surface area contributed by atoms with E-state index in [-0.39, 0.29) is 11.9 Å². The van der Waals surface area contributed by atoms with Crippen LogP contribution in [0.1, 0.15) is 45.1 Å². The van der Waals surface area contributed by atoms with Gasteiger partial charge in [0.15, 0.2) is 0 Å². The van der Waals surface area contributed by atoms with Crippen molar-refractivity contribution in [3.63, 3.8) is 0 Å². The zero-order valence-corrected chi connectivity index (χ0v) is 15.4. The Bertz CT molecular complexity index is 664. The van der Waals surface area contributed by atoms with Crippen LogP contribution in [-0.4, -0.2) is 47.4 Å². The quantitative estimate of drug-likeness (QED) is 0.841. The van der Waals surface area contributed by atoms with E-state index in [9.17, 15) is 14.3 Å². The smallest absolute Gasteiger partial charge is 0.309 e. The van der Waals surface area contributed by atoms with Crippen molar-refractivity contribution < 1.29 is 19.1 Å². The molecule has 0 radical (unpaired) electrons. The predicted molar refractivity (Wildman–Crippen MR) is 97.6 cm³/mol.